The molecule has 3 rings (SSSR count). The molecule has 3 amide bonds. The molecular weight excluding hydrogens is 368 g/mol. The lowest BCUT2D eigenvalue weighted by atomic mass is 10.0. The van der Waals surface area contributed by atoms with Crippen molar-refractivity contribution in [1.29, 1.82) is 0 Å². The van der Waals surface area contributed by atoms with Crippen molar-refractivity contribution in [2.24, 2.45) is 0 Å². The molecule has 1 aromatic carbocycles. The number of carbonyl (C=O) groups is 2. The van der Waals surface area contributed by atoms with Crippen LogP contribution in [0.2, 0.25) is 5.15 Å². The quantitative estimate of drug-likeness (QED) is 0.788. The van der Waals surface area contributed by atoms with Gasteiger partial charge in [-0.1, -0.05) is 11.6 Å². The van der Waals surface area contributed by atoms with Crippen LogP contribution in [0, 0.1) is 0 Å². The summed E-state index contributed by atoms with van der Waals surface area (Å²) in [6.07, 6.45) is 2.88. The van der Waals surface area contributed by atoms with E-state index in [4.69, 9.17) is 16.3 Å². The molecule has 0 unspecified atom stereocenters. The lowest BCUT2D eigenvalue weighted by Gasteiger charge is -2.32. The summed E-state index contributed by atoms with van der Waals surface area (Å²) in [5.74, 6) is 0.661. The maximum Gasteiger partial charge on any atom is 0.319 e. The number of rotatable bonds is 4. The summed E-state index contributed by atoms with van der Waals surface area (Å²) in [4.78, 5) is 30.3. The minimum Gasteiger partial charge on any atom is -0.497 e. The minimum absolute atomic E-state index is 0.0237. The van der Waals surface area contributed by atoms with Gasteiger partial charge < -0.3 is 20.3 Å². The number of benzene rings is 1. The highest BCUT2D eigenvalue weighted by molar-refractivity contribution is 6.29. The fourth-order valence-corrected chi connectivity index (χ4v) is 3.05. The summed E-state index contributed by atoms with van der Waals surface area (Å²) in [6.45, 7) is 1.16. The van der Waals surface area contributed by atoms with Crippen LogP contribution in [0.25, 0.3) is 0 Å². The van der Waals surface area contributed by atoms with E-state index >= 15 is 0 Å². The van der Waals surface area contributed by atoms with E-state index in [9.17, 15) is 9.59 Å². The van der Waals surface area contributed by atoms with E-state index in [1.165, 1.54) is 6.20 Å². The van der Waals surface area contributed by atoms with Crippen LogP contribution in [-0.4, -0.2) is 48.1 Å². The molecule has 8 heteroatoms. The van der Waals surface area contributed by atoms with Gasteiger partial charge in [0.25, 0.3) is 5.91 Å². The Kier molecular flexibility index (Phi) is 6.13. The van der Waals surface area contributed by atoms with E-state index in [-0.39, 0.29) is 18.0 Å². The van der Waals surface area contributed by atoms with Gasteiger partial charge in [-0.3, -0.25) is 4.79 Å². The highest BCUT2D eigenvalue weighted by Gasteiger charge is 2.24. The fraction of sp³-hybridized carbons (Fsp3) is 0.316. The Morgan fingerprint density at radius 2 is 1.85 bits per heavy atom. The Hall–Kier alpha value is -2.80. The number of hydrogen-bond donors (Lipinski definition) is 2. The van der Waals surface area contributed by atoms with Crippen LogP contribution in [0.5, 0.6) is 5.75 Å². The molecule has 1 aliphatic heterocycles. The number of anilines is 1. The monoisotopic (exact) mass is 388 g/mol. The number of urea groups is 1. The average molecular weight is 389 g/mol. The third kappa shape index (κ3) is 5.10. The molecule has 1 aliphatic rings. The zero-order chi connectivity index (χ0) is 19.2. The summed E-state index contributed by atoms with van der Waals surface area (Å²) in [6, 6.07) is 10.2. The van der Waals surface area contributed by atoms with Crippen molar-refractivity contribution in [3.8, 4) is 5.75 Å². The molecule has 0 saturated carbocycles. The fourth-order valence-electron chi connectivity index (χ4n) is 2.94. The number of methoxy groups -OCH3 is 1. The Morgan fingerprint density at radius 3 is 2.44 bits per heavy atom. The summed E-state index contributed by atoms with van der Waals surface area (Å²) in [7, 11) is 1.59. The van der Waals surface area contributed by atoms with Crippen molar-refractivity contribution < 1.29 is 14.3 Å². The van der Waals surface area contributed by atoms with Gasteiger partial charge in [-0.15, -0.1) is 0 Å². The van der Waals surface area contributed by atoms with Crippen molar-refractivity contribution in [3.63, 3.8) is 0 Å². The molecule has 7 nitrogen and oxygen atoms in total. The normalized spacial score (nSPS) is 14.5. The summed E-state index contributed by atoms with van der Waals surface area (Å²) < 4.78 is 5.09. The molecule has 142 valence electrons. The van der Waals surface area contributed by atoms with E-state index < -0.39 is 0 Å². The summed E-state index contributed by atoms with van der Waals surface area (Å²) in [5.41, 5.74) is 1.21. The molecule has 1 aromatic heterocycles. The van der Waals surface area contributed by atoms with Gasteiger partial charge in [-0.2, -0.15) is 0 Å². The van der Waals surface area contributed by atoms with Gasteiger partial charge in [-0.25, -0.2) is 9.78 Å². The summed E-state index contributed by atoms with van der Waals surface area (Å²) in [5, 5.41) is 6.11. The lowest BCUT2D eigenvalue weighted by Crippen LogP contribution is -2.47. The number of aromatic nitrogens is 1. The topological polar surface area (TPSA) is 83.6 Å². The Balaban J connectivity index is 1.46. The standard InChI is InChI=1S/C19H21ClN4O3/c1-27-16-5-3-14(4-6-16)22-19(26)23-15-8-10-24(11-9-15)18(25)13-2-7-17(20)21-12-13/h2-7,12,15H,8-11H2,1H3,(H2,22,23,26). The third-order valence-corrected chi connectivity index (χ3v) is 4.66. The van der Waals surface area contributed by atoms with Gasteiger partial charge in [0, 0.05) is 31.0 Å². The van der Waals surface area contributed by atoms with Crippen LogP contribution in [-0.2, 0) is 0 Å². The Morgan fingerprint density at radius 1 is 1.15 bits per heavy atom. The number of hydrogen-bond acceptors (Lipinski definition) is 4. The number of pyridine rings is 1. The minimum atomic E-state index is -0.258. The van der Waals surface area contributed by atoms with Crippen molar-refractivity contribution in [3.05, 3.63) is 53.3 Å². The van der Waals surface area contributed by atoms with Gasteiger partial charge in [0.05, 0.1) is 12.7 Å². The Bertz CT molecular complexity index is 788. The molecule has 0 aliphatic carbocycles. The van der Waals surface area contributed by atoms with Crippen LogP contribution >= 0.6 is 11.6 Å². The number of carbonyl (C=O) groups excluding carboxylic acids is 2. The van der Waals surface area contributed by atoms with Gasteiger partial charge in [-0.05, 0) is 49.2 Å². The number of amides is 3. The van der Waals surface area contributed by atoms with Gasteiger partial charge >= 0.3 is 6.03 Å². The molecular formula is C19H21ClN4O3. The summed E-state index contributed by atoms with van der Waals surface area (Å²) >= 11 is 5.75. The SMILES string of the molecule is COc1ccc(NC(=O)NC2CCN(C(=O)c3ccc(Cl)nc3)CC2)cc1. The molecule has 2 aromatic rings. The molecule has 0 bridgehead atoms. The highest BCUT2D eigenvalue weighted by atomic mass is 35.5. The average Bonchev–Trinajstić information content (AvgIpc) is 2.69. The van der Waals surface area contributed by atoms with Gasteiger partial charge in [0.15, 0.2) is 0 Å². The van der Waals surface area contributed by atoms with E-state index in [2.05, 4.69) is 15.6 Å². The van der Waals surface area contributed by atoms with Crippen LogP contribution in [0.4, 0.5) is 10.5 Å². The molecule has 0 radical (unpaired) electrons. The van der Waals surface area contributed by atoms with Crippen molar-refractivity contribution in [2.45, 2.75) is 18.9 Å². The van der Waals surface area contributed by atoms with Crippen molar-refractivity contribution in [2.75, 3.05) is 25.5 Å². The van der Waals surface area contributed by atoms with E-state index in [0.29, 0.717) is 42.3 Å². The smallest absolute Gasteiger partial charge is 0.319 e. The first-order valence-corrected chi connectivity index (χ1v) is 9.05. The molecule has 1 saturated heterocycles. The number of likely N-dealkylation sites (tertiary alicyclic amines) is 1. The van der Waals surface area contributed by atoms with Crippen LogP contribution in [0.1, 0.15) is 23.2 Å². The Labute approximate surface area is 162 Å². The van der Waals surface area contributed by atoms with Gasteiger partial charge in [0.1, 0.15) is 10.9 Å². The number of piperidine rings is 1. The van der Waals surface area contributed by atoms with Crippen LogP contribution < -0.4 is 15.4 Å². The first kappa shape index (κ1) is 19.0. The second-order valence-corrected chi connectivity index (χ2v) is 6.65. The second kappa shape index (κ2) is 8.73. The van der Waals surface area contributed by atoms with Crippen LogP contribution in [0.15, 0.2) is 42.6 Å². The predicted molar refractivity (Wildman–Crippen MR) is 103 cm³/mol. The predicted octanol–water partition coefficient (Wildman–Crippen LogP) is 3.17. The van der Waals surface area contributed by atoms with E-state index in [1.54, 1.807) is 48.4 Å². The first-order chi connectivity index (χ1) is 13.0. The van der Waals surface area contributed by atoms with Gasteiger partial charge in [0.2, 0.25) is 0 Å². The maximum absolute atomic E-state index is 12.5. The maximum atomic E-state index is 12.5. The van der Waals surface area contributed by atoms with Crippen molar-refractivity contribution >= 4 is 29.2 Å². The molecule has 2 N–H and O–H groups in total. The van der Waals surface area contributed by atoms with E-state index in [0.717, 1.165) is 5.75 Å². The molecule has 1 fully saturated rings. The molecule has 27 heavy (non-hydrogen) atoms. The molecule has 2 heterocycles. The number of halogens is 1. The van der Waals surface area contributed by atoms with Crippen molar-refractivity contribution in [1.82, 2.24) is 15.2 Å². The zero-order valence-electron chi connectivity index (χ0n) is 14.9. The molecule has 0 spiro atoms. The lowest BCUT2D eigenvalue weighted by molar-refractivity contribution is 0.0708. The zero-order valence-corrected chi connectivity index (χ0v) is 15.7. The second-order valence-electron chi connectivity index (χ2n) is 6.26. The number of nitrogens with one attached hydrogen (secondary N) is 2. The highest BCUT2D eigenvalue weighted by Crippen LogP contribution is 2.17. The first-order valence-electron chi connectivity index (χ1n) is 8.67. The van der Waals surface area contributed by atoms with E-state index in [1.807, 2.05) is 0 Å². The number of ether oxygens (including phenoxy) is 1. The molecule has 0 atom stereocenters. The number of nitrogens with zero attached hydrogens (tertiary/aromatic N) is 2. The van der Waals surface area contributed by atoms with Crippen LogP contribution in [0.3, 0.4) is 0 Å². The largest absolute Gasteiger partial charge is 0.497 e. The third-order valence-electron chi connectivity index (χ3n) is 4.44.